The van der Waals surface area contributed by atoms with Crippen LogP contribution in [0.4, 0.5) is 0 Å². The predicted molar refractivity (Wildman–Crippen MR) is 135 cm³/mol. The average molecular weight is 531 g/mol. The monoisotopic (exact) mass is 528 g/mol. The smallest absolute Gasteiger partial charge is 0.147 e. The number of hydrogen-bond acceptors (Lipinski definition) is 0. The molecule has 162 valence electrons. The molecule has 2 aliphatic rings. The average Bonchev–Trinajstić information content (AvgIpc) is 3.39. The molecule has 2 atom stereocenters. The van der Waals surface area contributed by atoms with Crippen molar-refractivity contribution in [1.29, 1.82) is 0 Å². The summed E-state index contributed by atoms with van der Waals surface area (Å²) in [5.41, 5.74) is 6.21. The van der Waals surface area contributed by atoms with Crippen molar-refractivity contribution in [2.45, 2.75) is 51.4 Å². The first kappa shape index (κ1) is 26.1. The summed E-state index contributed by atoms with van der Waals surface area (Å²) in [5.74, 6) is 1.19. The van der Waals surface area contributed by atoms with Crippen LogP contribution in [-0.2, 0) is 23.2 Å². The van der Waals surface area contributed by atoms with Crippen LogP contribution in [0.2, 0.25) is 0 Å². The minimum Gasteiger partial charge on any atom is -0.147 e. The normalized spacial score (nSPS) is 16.7. The van der Waals surface area contributed by atoms with Crippen LogP contribution in [-0.4, -0.2) is 0 Å². The van der Waals surface area contributed by atoms with Gasteiger partial charge in [0.2, 0.25) is 0 Å². The van der Waals surface area contributed by atoms with Crippen molar-refractivity contribution in [2.24, 2.45) is 0 Å². The van der Waals surface area contributed by atoms with Gasteiger partial charge in [-0.1, -0.05) is 0 Å². The van der Waals surface area contributed by atoms with Gasteiger partial charge in [-0.2, -0.15) is 0 Å². The van der Waals surface area contributed by atoms with Gasteiger partial charge in [-0.3, -0.25) is 0 Å². The quantitative estimate of drug-likeness (QED) is 0.320. The van der Waals surface area contributed by atoms with Crippen LogP contribution in [0.15, 0.2) is 103 Å². The van der Waals surface area contributed by atoms with E-state index in [1.165, 1.54) is 36.8 Å². The summed E-state index contributed by atoms with van der Waals surface area (Å²) in [6, 6.07) is 22.0. The van der Waals surface area contributed by atoms with E-state index < -0.39 is 23.2 Å². The number of rotatable bonds is 8. The molecule has 31 heavy (non-hydrogen) atoms. The fourth-order valence-corrected chi connectivity index (χ4v) is 8.06. The standard InChI is InChI=1S/2C14H15.2ClH.Zr/c2*1-12(11-13-7-5-6-8-13)14-9-3-2-4-10-14;;;/h2*2-5,7,9-10,12H,6,11H2,1H3;2*1H;. The number of allylic oxidation sites excluding steroid dienone is 8. The van der Waals surface area contributed by atoms with Crippen LogP contribution < -0.4 is 0 Å². The van der Waals surface area contributed by atoms with Crippen LogP contribution in [0, 0.1) is 0 Å². The third-order valence-corrected chi connectivity index (χ3v) is 10.2. The Bertz CT molecular complexity index is 876. The van der Waals surface area contributed by atoms with Crippen molar-refractivity contribution in [3.63, 3.8) is 0 Å². The molecule has 0 bridgehead atoms. The topological polar surface area (TPSA) is 0 Å². The molecule has 2 aromatic carbocycles. The van der Waals surface area contributed by atoms with E-state index in [-0.39, 0.29) is 24.8 Å². The molecule has 0 aliphatic heterocycles. The molecule has 3 heteroatoms. The van der Waals surface area contributed by atoms with Crippen LogP contribution in [0.25, 0.3) is 0 Å². The summed E-state index contributed by atoms with van der Waals surface area (Å²) in [7, 11) is 0. The van der Waals surface area contributed by atoms with Gasteiger partial charge < -0.3 is 0 Å². The maximum atomic E-state index is 2.42. The number of benzene rings is 2. The van der Waals surface area contributed by atoms with Gasteiger partial charge in [0, 0.05) is 0 Å². The summed E-state index contributed by atoms with van der Waals surface area (Å²) >= 11 is -0.675. The Hall–Kier alpha value is -1.14. The van der Waals surface area contributed by atoms with E-state index in [0.29, 0.717) is 11.8 Å². The molecule has 0 nitrogen and oxygen atoms in total. The van der Waals surface area contributed by atoms with Gasteiger partial charge in [0.25, 0.3) is 0 Å². The summed E-state index contributed by atoms with van der Waals surface area (Å²) in [5, 5.41) is 0. The van der Waals surface area contributed by atoms with E-state index in [9.17, 15) is 0 Å². The zero-order valence-electron chi connectivity index (χ0n) is 18.4. The minimum atomic E-state index is -0.675. The molecular formula is C28H32Cl2Zr. The molecule has 0 radical (unpaired) electrons. The van der Waals surface area contributed by atoms with E-state index in [1.54, 1.807) is 17.7 Å². The molecule has 0 spiro atoms. The first-order valence-corrected chi connectivity index (χ1v) is 13.3. The van der Waals surface area contributed by atoms with Gasteiger partial charge in [-0.15, -0.1) is 24.8 Å². The molecule has 0 aromatic heterocycles. The fraction of sp³-hybridized carbons (Fsp3) is 0.286. The molecule has 2 aliphatic carbocycles. The van der Waals surface area contributed by atoms with E-state index in [2.05, 4.69) is 98.8 Å². The van der Waals surface area contributed by atoms with Gasteiger partial charge in [-0.05, 0) is 0 Å². The molecule has 2 unspecified atom stereocenters. The van der Waals surface area contributed by atoms with E-state index in [0.717, 1.165) is 0 Å². The summed E-state index contributed by atoms with van der Waals surface area (Å²) < 4.78 is 3.61. The molecule has 4 rings (SSSR count). The van der Waals surface area contributed by atoms with Crippen LogP contribution >= 0.6 is 24.8 Å². The van der Waals surface area contributed by atoms with Crippen molar-refractivity contribution in [3.05, 3.63) is 114 Å². The molecular weight excluding hydrogens is 498 g/mol. The van der Waals surface area contributed by atoms with Crippen LogP contribution in [0.3, 0.4) is 0 Å². The SMILES string of the molecule is CC(CC1=[C]([Zr][C]2=C(CC(C)c3ccccc3)C=CC2)CC=C1)c1ccccc1.Cl.Cl. The first-order valence-electron chi connectivity index (χ1n) is 10.8. The zero-order chi connectivity index (χ0) is 20.1. The van der Waals surface area contributed by atoms with Crippen molar-refractivity contribution < 1.29 is 23.2 Å². The maximum Gasteiger partial charge on any atom is -0.147 e. The Kier molecular flexibility index (Phi) is 10.8. The third kappa shape index (κ3) is 6.92. The Labute approximate surface area is 212 Å². The second kappa shape index (κ2) is 12.8. The molecule has 0 fully saturated rings. The molecule has 2 aromatic rings. The van der Waals surface area contributed by atoms with Gasteiger partial charge in [0.1, 0.15) is 0 Å². The molecule has 0 heterocycles. The second-order valence-corrected chi connectivity index (χ2v) is 12.0. The minimum absolute atomic E-state index is 0. The van der Waals surface area contributed by atoms with Crippen LogP contribution in [0.1, 0.15) is 62.5 Å². The third-order valence-electron chi connectivity index (χ3n) is 6.15. The molecule has 0 saturated heterocycles. The second-order valence-electron chi connectivity index (χ2n) is 8.38. The van der Waals surface area contributed by atoms with Crippen molar-refractivity contribution in [3.8, 4) is 0 Å². The van der Waals surface area contributed by atoms with Gasteiger partial charge >= 0.3 is 188 Å². The Morgan fingerprint density at radius 3 is 1.42 bits per heavy atom. The Morgan fingerprint density at radius 2 is 1.03 bits per heavy atom. The fourth-order valence-electron chi connectivity index (χ4n) is 4.39. The first-order chi connectivity index (χ1) is 14.2. The van der Waals surface area contributed by atoms with Gasteiger partial charge in [0.15, 0.2) is 0 Å². The van der Waals surface area contributed by atoms with Gasteiger partial charge in [0.05, 0.1) is 0 Å². The summed E-state index contributed by atoms with van der Waals surface area (Å²) in [4.78, 5) is 0. The summed E-state index contributed by atoms with van der Waals surface area (Å²) in [6.07, 6.45) is 14.4. The predicted octanol–water partition coefficient (Wildman–Crippen LogP) is 8.73. The van der Waals surface area contributed by atoms with E-state index in [1.807, 2.05) is 0 Å². The van der Waals surface area contributed by atoms with Crippen LogP contribution in [0.5, 0.6) is 0 Å². The largest absolute Gasteiger partial charge is 0.147 e. The Morgan fingerprint density at radius 1 is 0.645 bits per heavy atom. The number of halogens is 2. The van der Waals surface area contributed by atoms with Crippen molar-refractivity contribution in [1.82, 2.24) is 0 Å². The van der Waals surface area contributed by atoms with Gasteiger partial charge in [-0.25, -0.2) is 0 Å². The maximum absolute atomic E-state index is 2.42. The zero-order valence-corrected chi connectivity index (χ0v) is 22.5. The van der Waals surface area contributed by atoms with Crippen molar-refractivity contribution in [2.75, 3.05) is 0 Å². The molecule has 0 N–H and O–H groups in total. The summed E-state index contributed by atoms with van der Waals surface area (Å²) in [6.45, 7) is 4.75. The molecule has 0 saturated carbocycles. The van der Waals surface area contributed by atoms with Crippen molar-refractivity contribution >= 4 is 24.8 Å². The Balaban J connectivity index is 0.00000171. The number of hydrogen-bond donors (Lipinski definition) is 0. The van der Waals surface area contributed by atoms with E-state index >= 15 is 0 Å². The van der Waals surface area contributed by atoms with E-state index in [4.69, 9.17) is 0 Å². The molecule has 0 amide bonds.